The monoisotopic (exact) mass is 327 g/mol. The van der Waals surface area contributed by atoms with Crippen LogP contribution in [-0.4, -0.2) is 29.0 Å². The maximum atomic E-state index is 12.2. The number of carbonyl (C=O) groups excluding carboxylic acids is 1. The van der Waals surface area contributed by atoms with Gasteiger partial charge in [0.2, 0.25) is 0 Å². The molecule has 0 amide bonds. The molecule has 0 saturated carbocycles. The van der Waals surface area contributed by atoms with Crippen LogP contribution in [0.1, 0.15) is 15.9 Å². The number of phenols is 1. The van der Waals surface area contributed by atoms with Gasteiger partial charge in [0.15, 0.2) is 23.0 Å². The van der Waals surface area contributed by atoms with Crippen molar-refractivity contribution < 1.29 is 24.3 Å². The molecule has 0 saturated heterocycles. The fourth-order valence-corrected chi connectivity index (χ4v) is 2.26. The van der Waals surface area contributed by atoms with Crippen molar-refractivity contribution >= 4 is 17.5 Å². The highest BCUT2D eigenvalue weighted by Crippen LogP contribution is 2.31. The average molecular weight is 327 g/mol. The van der Waals surface area contributed by atoms with Gasteiger partial charge in [0.05, 0.1) is 4.92 Å². The number of carbonyl (C=O) groups is 1. The van der Waals surface area contributed by atoms with E-state index >= 15 is 0 Å². The molecule has 1 aliphatic rings. The van der Waals surface area contributed by atoms with Crippen LogP contribution in [-0.2, 0) is 0 Å². The van der Waals surface area contributed by atoms with E-state index in [-0.39, 0.29) is 5.78 Å². The molecule has 122 valence electrons. The second kappa shape index (κ2) is 6.41. The fraction of sp³-hybridized carbons (Fsp3) is 0.118. The van der Waals surface area contributed by atoms with E-state index in [1.54, 1.807) is 18.2 Å². The van der Waals surface area contributed by atoms with E-state index in [0.29, 0.717) is 35.8 Å². The minimum atomic E-state index is -0.685. The number of nitro benzene ring substituents is 1. The molecule has 7 heteroatoms. The van der Waals surface area contributed by atoms with Gasteiger partial charge in [-0.1, -0.05) is 12.1 Å². The van der Waals surface area contributed by atoms with Gasteiger partial charge in [0.1, 0.15) is 13.2 Å². The zero-order valence-corrected chi connectivity index (χ0v) is 12.5. The Kier molecular flexibility index (Phi) is 4.15. The van der Waals surface area contributed by atoms with Gasteiger partial charge < -0.3 is 14.6 Å². The third kappa shape index (κ3) is 3.19. The lowest BCUT2D eigenvalue weighted by molar-refractivity contribution is -0.385. The smallest absolute Gasteiger partial charge is 0.311 e. The summed E-state index contributed by atoms with van der Waals surface area (Å²) in [5.74, 6) is 0.412. The highest BCUT2D eigenvalue weighted by Gasteiger charge is 2.15. The lowest BCUT2D eigenvalue weighted by atomic mass is 10.1. The molecule has 0 bridgehead atoms. The highest BCUT2D eigenvalue weighted by atomic mass is 16.6. The molecule has 2 aromatic rings. The number of nitrogens with zero attached hydrogens (tertiary/aromatic N) is 1. The lowest BCUT2D eigenvalue weighted by Gasteiger charge is -2.18. The van der Waals surface area contributed by atoms with Gasteiger partial charge in [0, 0.05) is 11.6 Å². The number of aromatic hydroxyl groups is 1. The second-order valence-electron chi connectivity index (χ2n) is 5.06. The van der Waals surface area contributed by atoms with Crippen molar-refractivity contribution in [3.63, 3.8) is 0 Å². The zero-order chi connectivity index (χ0) is 17.1. The van der Waals surface area contributed by atoms with E-state index in [2.05, 4.69) is 0 Å². The number of phenolic OH excluding ortho intramolecular Hbond substituents is 1. The maximum absolute atomic E-state index is 12.2. The Labute approximate surface area is 136 Å². The van der Waals surface area contributed by atoms with Gasteiger partial charge in [-0.15, -0.1) is 0 Å². The quantitative estimate of drug-likeness (QED) is 0.401. The van der Waals surface area contributed by atoms with Gasteiger partial charge in [-0.3, -0.25) is 14.9 Å². The summed E-state index contributed by atoms with van der Waals surface area (Å²) in [7, 11) is 0. The summed E-state index contributed by atoms with van der Waals surface area (Å²) >= 11 is 0. The van der Waals surface area contributed by atoms with Crippen LogP contribution in [0.3, 0.4) is 0 Å². The standard InChI is InChI=1S/C17H13NO6/c19-14(12-3-6-16-17(10-12)24-8-7-23-16)4-1-11-2-5-15(20)13(9-11)18(21)22/h1-6,9-10,20H,7-8H2/b4-1+. The van der Waals surface area contributed by atoms with E-state index < -0.39 is 16.4 Å². The predicted molar refractivity (Wildman–Crippen MR) is 85.6 cm³/mol. The lowest BCUT2D eigenvalue weighted by Crippen LogP contribution is -2.15. The molecular formula is C17H13NO6. The first-order valence-electron chi connectivity index (χ1n) is 7.14. The number of ether oxygens (including phenoxy) is 2. The zero-order valence-electron chi connectivity index (χ0n) is 12.5. The van der Waals surface area contributed by atoms with E-state index in [4.69, 9.17) is 9.47 Å². The van der Waals surface area contributed by atoms with Gasteiger partial charge in [-0.25, -0.2) is 0 Å². The summed E-state index contributed by atoms with van der Waals surface area (Å²) in [6.45, 7) is 0.900. The Balaban J connectivity index is 1.80. The number of nitro groups is 1. The molecule has 0 aromatic heterocycles. The molecule has 0 radical (unpaired) electrons. The van der Waals surface area contributed by atoms with E-state index in [0.717, 1.165) is 0 Å². The first-order valence-corrected chi connectivity index (χ1v) is 7.14. The third-order valence-corrected chi connectivity index (χ3v) is 3.45. The van der Waals surface area contributed by atoms with E-state index in [1.807, 2.05) is 0 Å². The molecule has 0 spiro atoms. The summed E-state index contributed by atoms with van der Waals surface area (Å²) < 4.78 is 10.8. The SMILES string of the molecule is O=C(/C=C/c1ccc(O)c([N+](=O)[O-])c1)c1ccc2c(c1)OCCO2. The summed E-state index contributed by atoms with van der Waals surface area (Å²) in [5.41, 5.74) is 0.443. The van der Waals surface area contributed by atoms with Crippen molar-refractivity contribution in [2.24, 2.45) is 0 Å². The molecule has 2 aromatic carbocycles. The number of benzene rings is 2. The van der Waals surface area contributed by atoms with Crippen LogP contribution in [0.15, 0.2) is 42.5 Å². The van der Waals surface area contributed by atoms with Crippen LogP contribution in [0, 0.1) is 10.1 Å². The molecule has 7 nitrogen and oxygen atoms in total. The van der Waals surface area contributed by atoms with Gasteiger partial charge in [-0.2, -0.15) is 0 Å². The summed E-state index contributed by atoms with van der Waals surface area (Å²) in [5, 5.41) is 20.2. The Bertz CT molecular complexity index is 843. The van der Waals surface area contributed by atoms with E-state index in [9.17, 15) is 20.0 Å². The molecule has 1 aliphatic heterocycles. The van der Waals surface area contributed by atoms with Crippen molar-refractivity contribution in [1.29, 1.82) is 0 Å². The maximum Gasteiger partial charge on any atom is 0.311 e. The minimum absolute atomic E-state index is 0.275. The molecule has 0 fully saturated rings. The Morgan fingerprint density at radius 1 is 1.12 bits per heavy atom. The summed E-state index contributed by atoms with van der Waals surface area (Å²) in [6, 6.07) is 8.78. The van der Waals surface area contributed by atoms with Crippen molar-refractivity contribution in [2.75, 3.05) is 13.2 Å². The number of hydrogen-bond donors (Lipinski definition) is 1. The molecule has 0 atom stereocenters. The summed E-state index contributed by atoms with van der Waals surface area (Å²) in [6.07, 6.45) is 2.76. The number of fused-ring (bicyclic) bond motifs is 1. The predicted octanol–water partition coefficient (Wildman–Crippen LogP) is 2.97. The Morgan fingerprint density at radius 3 is 2.62 bits per heavy atom. The van der Waals surface area contributed by atoms with Crippen molar-refractivity contribution in [1.82, 2.24) is 0 Å². The number of allylic oxidation sites excluding steroid dienone is 1. The van der Waals surface area contributed by atoms with Crippen molar-refractivity contribution in [3.05, 3.63) is 63.7 Å². The third-order valence-electron chi connectivity index (χ3n) is 3.45. The number of ketones is 1. The molecule has 3 rings (SSSR count). The van der Waals surface area contributed by atoms with Crippen LogP contribution < -0.4 is 9.47 Å². The van der Waals surface area contributed by atoms with Crippen LogP contribution in [0.4, 0.5) is 5.69 Å². The average Bonchev–Trinajstić information content (AvgIpc) is 2.60. The second-order valence-corrected chi connectivity index (χ2v) is 5.06. The number of rotatable bonds is 4. The van der Waals surface area contributed by atoms with Gasteiger partial charge >= 0.3 is 5.69 Å². The Morgan fingerprint density at radius 2 is 1.88 bits per heavy atom. The van der Waals surface area contributed by atoms with Crippen molar-refractivity contribution in [2.45, 2.75) is 0 Å². The normalized spacial score (nSPS) is 13.0. The Hall–Kier alpha value is -3.35. The molecule has 1 heterocycles. The van der Waals surface area contributed by atoms with Gasteiger partial charge in [-0.05, 0) is 35.9 Å². The van der Waals surface area contributed by atoms with Crippen molar-refractivity contribution in [3.8, 4) is 17.2 Å². The number of hydrogen-bond acceptors (Lipinski definition) is 6. The van der Waals surface area contributed by atoms with Gasteiger partial charge in [0.25, 0.3) is 0 Å². The van der Waals surface area contributed by atoms with E-state index in [1.165, 1.54) is 30.4 Å². The minimum Gasteiger partial charge on any atom is -0.502 e. The fourth-order valence-electron chi connectivity index (χ4n) is 2.26. The van der Waals surface area contributed by atoms with Crippen LogP contribution in [0.25, 0.3) is 6.08 Å². The molecule has 1 N–H and O–H groups in total. The largest absolute Gasteiger partial charge is 0.502 e. The highest BCUT2D eigenvalue weighted by molar-refractivity contribution is 6.07. The van der Waals surface area contributed by atoms with Crippen LogP contribution in [0.2, 0.25) is 0 Å². The molecule has 0 aliphatic carbocycles. The topological polar surface area (TPSA) is 98.9 Å². The molecule has 0 unspecified atom stereocenters. The summed E-state index contributed by atoms with van der Waals surface area (Å²) in [4.78, 5) is 22.3. The van der Waals surface area contributed by atoms with Crippen LogP contribution in [0.5, 0.6) is 17.2 Å². The molecule has 24 heavy (non-hydrogen) atoms. The first kappa shape index (κ1) is 15.5. The first-order chi connectivity index (χ1) is 11.5. The molecular weight excluding hydrogens is 314 g/mol. The van der Waals surface area contributed by atoms with Crippen LogP contribution >= 0.6 is 0 Å².